The second kappa shape index (κ2) is 8.39. The second-order valence-electron chi connectivity index (χ2n) is 6.70. The highest BCUT2D eigenvalue weighted by atomic mass is 35.5. The van der Waals surface area contributed by atoms with Gasteiger partial charge in [0.05, 0.1) is 4.92 Å². The van der Waals surface area contributed by atoms with Crippen molar-refractivity contribution >= 4 is 28.9 Å². The van der Waals surface area contributed by atoms with Gasteiger partial charge < -0.3 is 14.5 Å². The Labute approximate surface area is 174 Å². The van der Waals surface area contributed by atoms with Crippen LogP contribution in [-0.4, -0.2) is 48.3 Å². The zero-order valence-electron chi connectivity index (χ0n) is 15.8. The number of piperazine rings is 1. The maximum absolute atomic E-state index is 12.7. The summed E-state index contributed by atoms with van der Waals surface area (Å²) in [4.78, 5) is 26.4. The van der Waals surface area contributed by atoms with E-state index in [1.807, 2.05) is 19.1 Å². The van der Waals surface area contributed by atoms with E-state index in [4.69, 9.17) is 11.6 Å². The van der Waals surface area contributed by atoms with E-state index in [1.165, 1.54) is 4.90 Å². The number of amides is 1. The van der Waals surface area contributed by atoms with Gasteiger partial charge in [-0.05, 0) is 36.8 Å². The van der Waals surface area contributed by atoms with Gasteiger partial charge in [0.2, 0.25) is 5.75 Å². The van der Waals surface area contributed by atoms with Gasteiger partial charge >= 0.3 is 12.0 Å². The molecule has 1 fully saturated rings. The number of benzene rings is 2. The standard InChI is InChI=1S/C19H17ClF3N3O4/c1-12-2-4-14(20)11-15(12)24-6-8-25(9-7-24)18(27)13-3-5-17(30-19(21,22)23)16(10-13)26(28)29/h2-5,10-11H,6-9H2,1H3. The monoisotopic (exact) mass is 443 g/mol. The number of hydrogen-bond donors (Lipinski definition) is 0. The van der Waals surface area contributed by atoms with E-state index in [-0.39, 0.29) is 5.56 Å². The highest BCUT2D eigenvalue weighted by Gasteiger charge is 2.35. The van der Waals surface area contributed by atoms with Crippen molar-refractivity contribution < 1.29 is 27.6 Å². The molecule has 1 aliphatic rings. The number of hydrogen-bond acceptors (Lipinski definition) is 5. The summed E-state index contributed by atoms with van der Waals surface area (Å²) < 4.78 is 41.0. The zero-order chi connectivity index (χ0) is 22.1. The Morgan fingerprint density at radius 1 is 1.13 bits per heavy atom. The Hall–Kier alpha value is -3.01. The number of halogens is 4. The van der Waals surface area contributed by atoms with Crippen molar-refractivity contribution in [2.24, 2.45) is 0 Å². The van der Waals surface area contributed by atoms with Crippen molar-refractivity contribution in [3.63, 3.8) is 0 Å². The van der Waals surface area contributed by atoms with E-state index < -0.39 is 28.6 Å². The molecule has 0 unspecified atom stereocenters. The van der Waals surface area contributed by atoms with Crippen LogP contribution >= 0.6 is 11.6 Å². The normalized spacial score (nSPS) is 14.6. The number of aryl methyl sites for hydroxylation is 1. The summed E-state index contributed by atoms with van der Waals surface area (Å²) >= 11 is 6.06. The third-order valence-electron chi connectivity index (χ3n) is 4.71. The van der Waals surface area contributed by atoms with E-state index >= 15 is 0 Å². The minimum Gasteiger partial charge on any atom is -0.398 e. The Kier molecular flexibility index (Phi) is 6.06. The van der Waals surface area contributed by atoms with Gasteiger partial charge in [-0.1, -0.05) is 17.7 Å². The molecule has 2 aromatic rings. The van der Waals surface area contributed by atoms with Gasteiger partial charge in [-0.15, -0.1) is 13.2 Å². The predicted octanol–water partition coefficient (Wildman–Crippen LogP) is 4.42. The average Bonchev–Trinajstić information content (AvgIpc) is 2.68. The van der Waals surface area contributed by atoms with Crippen LogP contribution in [0, 0.1) is 17.0 Å². The van der Waals surface area contributed by atoms with Crippen molar-refractivity contribution in [1.29, 1.82) is 0 Å². The Morgan fingerprint density at radius 2 is 1.80 bits per heavy atom. The van der Waals surface area contributed by atoms with Gasteiger partial charge in [0, 0.05) is 48.5 Å². The lowest BCUT2D eigenvalue weighted by atomic mass is 10.1. The third-order valence-corrected chi connectivity index (χ3v) is 4.94. The molecule has 0 aliphatic carbocycles. The van der Waals surface area contributed by atoms with Crippen molar-refractivity contribution in [2.45, 2.75) is 13.3 Å². The van der Waals surface area contributed by atoms with Crippen LogP contribution in [0.3, 0.4) is 0 Å². The van der Waals surface area contributed by atoms with Crippen molar-refractivity contribution in [2.75, 3.05) is 31.1 Å². The molecule has 0 atom stereocenters. The zero-order valence-corrected chi connectivity index (χ0v) is 16.5. The number of carbonyl (C=O) groups excluding carboxylic acids is 1. The number of nitro groups is 1. The molecule has 0 radical (unpaired) electrons. The smallest absolute Gasteiger partial charge is 0.398 e. The minimum absolute atomic E-state index is 0.0800. The number of ether oxygens (including phenoxy) is 1. The van der Waals surface area contributed by atoms with Gasteiger partial charge in [0.15, 0.2) is 0 Å². The molecule has 1 amide bonds. The van der Waals surface area contributed by atoms with Gasteiger partial charge in [-0.25, -0.2) is 0 Å². The minimum atomic E-state index is -5.08. The van der Waals surface area contributed by atoms with Gasteiger partial charge in [-0.3, -0.25) is 14.9 Å². The van der Waals surface area contributed by atoms with Gasteiger partial charge in [0.1, 0.15) is 0 Å². The molecule has 2 aromatic carbocycles. The third kappa shape index (κ3) is 4.93. The van der Waals surface area contributed by atoms with Crippen LogP contribution < -0.4 is 9.64 Å². The van der Waals surface area contributed by atoms with E-state index in [2.05, 4.69) is 9.64 Å². The SMILES string of the molecule is Cc1ccc(Cl)cc1N1CCN(C(=O)c2ccc(OC(F)(F)F)c([N+](=O)[O-])c2)CC1. The molecule has 160 valence electrons. The molecule has 1 saturated heterocycles. The van der Waals surface area contributed by atoms with Crippen molar-refractivity contribution in [1.82, 2.24) is 4.90 Å². The van der Waals surface area contributed by atoms with E-state index in [9.17, 15) is 28.1 Å². The molecule has 1 aliphatic heterocycles. The first-order chi connectivity index (χ1) is 14.0. The molecule has 7 nitrogen and oxygen atoms in total. The Bertz CT molecular complexity index is 976. The number of anilines is 1. The lowest BCUT2D eigenvalue weighted by molar-refractivity contribution is -0.388. The number of nitro benzene ring substituents is 1. The molecule has 0 spiro atoms. The topological polar surface area (TPSA) is 75.9 Å². The summed E-state index contributed by atoms with van der Waals surface area (Å²) in [6.07, 6.45) is -5.08. The van der Waals surface area contributed by atoms with E-state index in [0.717, 1.165) is 29.4 Å². The second-order valence-corrected chi connectivity index (χ2v) is 7.13. The summed E-state index contributed by atoms with van der Waals surface area (Å²) in [5.74, 6) is -1.47. The molecule has 0 bridgehead atoms. The average molecular weight is 444 g/mol. The lowest BCUT2D eigenvalue weighted by Gasteiger charge is -2.37. The molecular weight excluding hydrogens is 427 g/mol. The van der Waals surface area contributed by atoms with Crippen molar-refractivity contribution in [3.8, 4) is 5.75 Å². The molecule has 1 heterocycles. The summed E-state index contributed by atoms with van der Waals surface area (Å²) in [6.45, 7) is 3.68. The number of rotatable bonds is 4. The molecule has 0 N–H and O–H groups in total. The molecular formula is C19H17ClF3N3O4. The molecule has 0 saturated carbocycles. The fraction of sp³-hybridized carbons (Fsp3) is 0.316. The first kappa shape index (κ1) is 21.7. The Balaban J connectivity index is 1.74. The van der Waals surface area contributed by atoms with Crippen LogP contribution in [0.4, 0.5) is 24.5 Å². The van der Waals surface area contributed by atoms with E-state index in [1.54, 1.807) is 6.07 Å². The quantitative estimate of drug-likeness (QED) is 0.516. The van der Waals surface area contributed by atoms with Gasteiger partial charge in [-0.2, -0.15) is 0 Å². The largest absolute Gasteiger partial charge is 0.573 e. The summed E-state index contributed by atoms with van der Waals surface area (Å²) in [6, 6.07) is 8.21. The van der Waals surface area contributed by atoms with Crippen LogP contribution in [-0.2, 0) is 0 Å². The number of nitrogens with zero attached hydrogens (tertiary/aromatic N) is 3. The maximum atomic E-state index is 12.7. The number of alkyl halides is 3. The molecule has 0 aromatic heterocycles. The van der Waals surface area contributed by atoms with Crippen LogP contribution in [0.15, 0.2) is 36.4 Å². The van der Waals surface area contributed by atoms with Crippen molar-refractivity contribution in [3.05, 3.63) is 62.7 Å². The van der Waals surface area contributed by atoms with E-state index in [0.29, 0.717) is 31.2 Å². The first-order valence-corrected chi connectivity index (χ1v) is 9.27. The summed E-state index contributed by atoms with van der Waals surface area (Å²) in [5.41, 5.74) is 0.990. The highest BCUT2D eigenvalue weighted by molar-refractivity contribution is 6.30. The van der Waals surface area contributed by atoms with Crippen LogP contribution in [0.5, 0.6) is 5.75 Å². The fourth-order valence-corrected chi connectivity index (χ4v) is 3.43. The Morgan fingerprint density at radius 3 is 2.40 bits per heavy atom. The molecule has 30 heavy (non-hydrogen) atoms. The molecule has 11 heteroatoms. The molecule has 3 rings (SSSR count). The fourth-order valence-electron chi connectivity index (χ4n) is 3.26. The predicted molar refractivity (Wildman–Crippen MR) is 104 cm³/mol. The summed E-state index contributed by atoms with van der Waals surface area (Å²) in [7, 11) is 0. The van der Waals surface area contributed by atoms with Crippen LogP contribution in [0.1, 0.15) is 15.9 Å². The van der Waals surface area contributed by atoms with Crippen LogP contribution in [0.25, 0.3) is 0 Å². The van der Waals surface area contributed by atoms with Gasteiger partial charge in [0.25, 0.3) is 5.91 Å². The first-order valence-electron chi connectivity index (χ1n) is 8.90. The summed E-state index contributed by atoms with van der Waals surface area (Å²) in [5, 5.41) is 11.7. The highest BCUT2D eigenvalue weighted by Crippen LogP contribution is 2.33. The lowest BCUT2D eigenvalue weighted by Crippen LogP contribution is -2.49. The van der Waals surface area contributed by atoms with Crippen LogP contribution in [0.2, 0.25) is 5.02 Å². The maximum Gasteiger partial charge on any atom is 0.573 e. The number of carbonyl (C=O) groups is 1.